The maximum atomic E-state index is 12.5. The molecular weight excluding hydrogens is 490 g/mol. The van der Waals surface area contributed by atoms with Gasteiger partial charge in [0.25, 0.3) is 5.69 Å². The third kappa shape index (κ3) is 6.83. The number of allylic oxidation sites excluding steroid dienone is 1. The van der Waals surface area contributed by atoms with Crippen molar-refractivity contribution in [2.24, 2.45) is 0 Å². The van der Waals surface area contributed by atoms with Gasteiger partial charge in [-0.3, -0.25) is 19.5 Å². The Morgan fingerprint density at radius 1 is 1.31 bits per heavy atom. The first-order valence-electron chi connectivity index (χ1n) is 10.8. The number of hydrogen-bond donors (Lipinski definition) is 1. The second kappa shape index (κ2) is 11.9. The van der Waals surface area contributed by atoms with E-state index in [9.17, 15) is 14.9 Å². The molecule has 0 bridgehead atoms. The van der Waals surface area contributed by atoms with Crippen LogP contribution in [0.4, 0.5) is 11.4 Å². The van der Waals surface area contributed by atoms with Crippen molar-refractivity contribution in [1.29, 1.82) is 0 Å². The zero-order valence-corrected chi connectivity index (χ0v) is 21.2. The number of hydrogen-bond acceptors (Lipinski definition) is 7. The largest absolute Gasteiger partial charge is 0.485 e. The molecule has 0 fully saturated rings. The second-order valence-corrected chi connectivity index (χ2v) is 9.39. The van der Waals surface area contributed by atoms with Gasteiger partial charge in [-0.1, -0.05) is 55.4 Å². The van der Waals surface area contributed by atoms with Crippen molar-refractivity contribution in [3.8, 4) is 5.75 Å². The summed E-state index contributed by atoms with van der Waals surface area (Å²) >= 11 is 7.24. The van der Waals surface area contributed by atoms with Crippen LogP contribution in [0.3, 0.4) is 0 Å². The lowest BCUT2D eigenvalue weighted by Crippen LogP contribution is -2.15. The quantitative estimate of drug-likeness (QED) is 0.149. The number of nitro groups is 1. The topological polar surface area (TPSA) is 112 Å². The number of benzene rings is 2. The number of nitro benzene ring substituents is 1. The minimum atomic E-state index is -0.553. The number of rotatable bonds is 11. The number of carbonyl (C=O) groups is 1. The fourth-order valence-corrected chi connectivity index (χ4v) is 4.20. The van der Waals surface area contributed by atoms with Gasteiger partial charge in [0.2, 0.25) is 5.91 Å². The van der Waals surface area contributed by atoms with Crippen molar-refractivity contribution >= 4 is 40.6 Å². The molecule has 0 aliphatic carbocycles. The van der Waals surface area contributed by atoms with E-state index in [1.165, 1.54) is 30.0 Å². The Kier molecular flexibility index (Phi) is 8.89. The summed E-state index contributed by atoms with van der Waals surface area (Å²) in [7, 11) is 0. The van der Waals surface area contributed by atoms with Crippen molar-refractivity contribution in [2.45, 2.75) is 45.0 Å². The summed E-state index contributed by atoms with van der Waals surface area (Å²) in [5.41, 5.74) is 2.22. The van der Waals surface area contributed by atoms with Crippen molar-refractivity contribution in [3.05, 3.63) is 81.1 Å². The lowest BCUT2D eigenvalue weighted by molar-refractivity contribution is -0.384. The average molecular weight is 516 g/mol. The number of non-ortho nitro benzene ring substituents is 1. The number of halogens is 1. The van der Waals surface area contributed by atoms with Crippen LogP contribution in [0.25, 0.3) is 0 Å². The van der Waals surface area contributed by atoms with Gasteiger partial charge in [-0.2, -0.15) is 0 Å². The predicted octanol–water partition coefficient (Wildman–Crippen LogP) is 5.77. The molecule has 9 nitrogen and oxygen atoms in total. The van der Waals surface area contributed by atoms with E-state index in [0.29, 0.717) is 23.4 Å². The molecule has 1 N–H and O–H groups in total. The molecule has 2 aromatic carbocycles. The molecule has 0 unspecified atom stereocenters. The molecule has 184 valence electrons. The van der Waals surface area contributed by atoms with E-state index >= 15 is 0 Å². The molecule has 1 amide bonds. The van der Waals surface area contributed by atoms with Crippen LogP contribution < -0.4 is 10.1 Å². The van der Waals surface area contributed by atoms with Crippen LogP contribution in [0, 0.1) is 17.0 Å². The van der Waals surface area contributed by atoms with Crippen molar-refractivity contribution < 1.29 is 14.5 Å². The molecular formula is C24H26ClN5O4S. The summed E-state index contributed by atoms with van der Waals surface area (Å²) in [6.07, 6.45) is 1.71. The fraction of sp³-hybridized carbons (Fsp3) is 0.292. The first kappa shape index (κ1) is 26.2. The molecule has 35 heavy (non-hydrogen) atoms. The molecule has 0 spiro atoms. The standard InChI is InChI=1S/C24H26ClN5O4S/c1-5-10-29-22(13-34-21-11-16(4)6-8-18(21)15(2)3)27-28-24(29)35-14-23(31)26-20-12-17(30(32)33)7-9-19(20)25/h5-9,11-12,15H,1,10,13-14H2,2-4H3,(H,26,31). The number of nitrogens with one attached hydrogen (secondary N) is 1. The Hall–Kier alpha value is -3.37. The van der Waals surface area contributed by atoms with E-state index in [2.05, 4.69) is 48.1 Å². The maximum Gasteiger partial charge on any atom is 0.271 e. The van der Waals surface area contributed by atoms with Crippen LogP contribution in [0.2, 0.25) is 5.02 Å². The van der Waals surface area contributed by atoms with Crippen LogP contribution in [0.15, 0.2) is 54.2 Å². The van der Waals surface area contributed by atoms with Crippen LogP contribution in [0.5, 0.6) is 5.75 Å². The zero-order valence-electron chi connectivity index (χ0n) is 19.7. The number of carbonyl (C=O) groups excluding carboxylic acids is 1. The molecule has 1 heterocycles. The molecule has 1 aromatic heterocycles. The number of thioether (sulfide) groups is 1. The van der Waals surface area contributed by atoms with Gasteiger partial charge in [-0.05, 0) is 36.1 Å². The molecule has 0 saturated heterocycles. The normalized spacial score (nSPS) is 10.9. The van der Waals surface area contributed by atoms with E-state index in [0.717, 1.165) is 16.9 Å². The molecule has 0 atom stereocenters. The monoisotopic (exact) mass is 515 g/mol. The average Bonchev–Trinajstić information content (AvgIpc) is 3.19. The highest BCUT2D eigenvalue weighted by molar-refractivity contribution is 7.99. The van der Waals surface area contributed by atoms with Crippen LogP contribution in [-0.2, 0) is 17.9 Å². The highest BCUT2D eigenvalue weighted by Gasteiger charge is 2.17. The molecule has 0 aliphatic heterocycles. The Balaban J connectivity index is 1.69. The molecule has 3 rings (SSSR count). The van der Waals surface area contributed by atoms with Crippen LogP contribution in [0.1, 0.15) is 36.7 Å². The van der Waals surface area contributed by atoms with Gasteiger partial charge < -0.3 is 10.1 Å². The van der Waals surface area contributed by atoms with Crippen molar-refractivity contribution in [3.63, 3.8) is 0 Å². The summed E-state index contributed by atoms with van der Waals surface area (Å²) in [5.74, 6) is 1.33. The maximum absolute atomic E-state index is 12.5. The molecule has 0 saturated carbocycles. The highest BCUT2D eigenvalue weighted by Crippen LogP contribution is 2.29. The first-order chi connectivity index (χ1) is 16.7. The van der Waals surface area contributed by atoms with Gasteiger partial charge in [0.1, 0.15) is 12.4 Å². The lowest BCUT2D eigenvalue weighted by Gasteiger charge is -2.15. The number of nitrogens with zero attached hydrogens (tertiary/aromatic N) is 4. The van der Waals surface area contributed by atoms with Gasteiger partial charge >= 0.3 is 0 Å². The van der Waals surface area contributed by atoms with Crippen molar-refractivity contribution in [1.82, 2.24) is 14.8 Å². The van der Waals surface area contributed by atoms with E-state index in [-0.39, 0.29) is 34.7 Å². The van der Waals surface area contributed by atoms with Crippen molar-refractivity contribution in [2.75, 3.05) is 11.1 Å². The van der Waals surface area contributed by atoms with Gasteiger partial charge in [-0.15, -0.1) is 16.8 Å². The first-order valence-corrected chi connectivity index (χ1v) is 12.2. The summed E-state index contributed by atoms with van der Waals surface area (Å²) < 4.78 is 7.93. The van der Waals surface area contributed by atoms with E-state index < -0.39 is 4.92 Å². The summed E-state index contributed by atoms with van der Waals surface area (Å²) in [4.78, 5) is 22.9. The SMILES string of the molecule is C=CCn1c(COc2cc(C)ccc2C(C)C)nnc1SCC(=O)Nc1cc([N+](=O)[O-])ccc1Cl. The summed E-state index contributed by atoms with van der Waals surface area (Å²) in [6, 6.07) is 9.99. The number of aryl methyl sites for hydroxylation is 1. The predicted molar refractivity (Wildman–Crippen MR) is 137 cm³/mol. The number of amides is 1. The number of ether oxygens (including phenoxy) is 1. The number of aromatic nitrogens is 3. The van der Waals surface area contributed by atoms with E-state index in [1.807, 2.05) is 17.6 Å². The second-order valence-electron chi connectivity index (χ2n) is 8.04. The minimum Gasteiger partial charge on any atom is -0.485 e. The summed E-state index contributed by atoms with van der Waals surface area (Å²) in [5, 5.41) is 22.8. The van der Waals surface area contributed by atoms with Crippen LogP contribution in [-0.4, -0.2) is 31.3 Å². The summed E-state index contributed by atoms with van der Waals surface area (Å²) in [6.45, 7) is 10.7. The lowest BCUT2D eigenvalue weighted by atomic mass is 10.0. The van der Waals surface area contributed by atoms with Gasteiger partial charge in [0.15, 0.2) is 11.0 Å². The molecule has 3 aromatic rings. The number of anilines is 1. The minimum absolute atomic E-state index is 0.00450. The molecule has 0 aliphatic rings. The molecule has 0 radical (unpaired) electrons. The smallest absolute Gasteiger partial charge is 0.271 e. The zero-order chi connectivity index (χ0) is 25.5. The third-order valence-corrected chi connectivity index (χ3v) is 6.32. The Labute approximate surface area is 212 Å². The third-order valence-electron chi connectivity index (χ3n) is 5.02. The Morgan fingerprint density at radius 3 is 2.77 bits per heavy atom. The van der Waals surface area contributed by atoms with E-state index in [1.54, 1.807) is 6.08 Å². The van der Waals surface area contributed by atoms with E-state index in [4.69, 9.17) is 16.3 Å². The fourth-order valence-electron chi connectivity index (χ4n) is 3.27. The Morgan fingerprint density at radius 2 is 2.09 bits per heavy atom. The van der Waals surface area contributed by atoms with Crippen LogP contribution >= 0.6 is 23.4 Å². The Bertz CT molecular complexity index is 1240. The van der Waals surface area contributed by atoms with Gasteiger partial charge in [-0.25, -0.2) is 0 Å². The van der Waals surface area contributed by atoms with Gasteiger partial charge in [0, 0.05) is 18.7 Å². The molecule has 11 heteroatoms. The van der Waals surface area contributed by atoms with Gasteiger partial charge in [0.05, 0.1) is 21.4 Å². The highest BCUT2D eigenvalue weighted by atomic mass is 35.5.